The maximum Gasteiger partial charge on any atom is 0.320 e. The van der Waals surface area contributed by atoms with Gasteiger partial charge in [-0.15, -0.1) is 11.6 Å². The number of alkyl halides is 1. The van der Waals surface area contributed by atoms with E-state index in [0.29, 0.717) is 6.54 Å². The van der Waals surface area contributed by atoms with Crippen LogP contribution in [0.2, 0.25) is 36.3 Å². The number of hydrogen-bond acceptors (Lipinski definition) is 6. The number of nitrogens with zero attached hydrogens (tertiary/aromatic N) is 1. The zero-order valence-electron chi connectivity index (χ0n) is 23.8. The summed E-state index contributed by atoms with van der Waals surface area (Å²) in [6.07, 6.45) is -0.827. The highest BCUT2D eigenvalue weighted by Gasteiger charge is 2.53. The van der Waals surface area contributed by atoms with E-state index in [0.717, 1.165) is 5.56 Å². The average Bonchev–Trinajstić information content (AvgIpc) is 3.05. The predicted octanol–water partition coefficient (Wildman–Crippen LogP) is 6.00. The van der Waals surface area contributed by atoms with Gasteiger partial charge in [-0.1, -0.05) is 71.9 Å². The number of carbonyl (C=O) groups excluding carboxylic acids is 2. The lowest BCUT2D eigenvalue weighted by molar-refractivity contribution is -0.147. The van der Waals surface area contributed by atoms with Crippen molar-refractivity contribution in [3.8, 4) is 0 Å². The van der Waals surface area contributed by atoms with E-state index in [9.17, 15) is 9.59 Å². The predicted molar refractivity (Wildman–Crippen MR) is 151 cm³/mol. The summed E-state index contributed by atoms with van der Waals surface area (Å²) in [6.45, 7) is 22.4. The van der Waals surface area contributed by atoms with E-state index >= 15 is 0 Å². The van der Waals surface area contributed by atoms with Crippen LogP contribution in [0.3, 0.4) is 0 Å². The lowest BCUT2D eigenvalue weighted by Crippen LogP contribution is -2.55. The standard InChI is InChI=1S/C27H46ClNO5Si2/c1-26(2,3)35(7,8)33-22-17-29(18-23(31)32-19-20-14-12-11-13-15-20)24(21(30)16-28)25(22)34-36(9,10)27(4,5)6/h11-15,22,24-25H,16-19H2,1-10H3/t22?,24-,25?/m0/s1. The quantitative estimate of drug-likeness (QED) is 0.200. The molecule has 1 aromatic rings. The Labute approximate surface area is 225 Å². The van der Waals surface area contributed by atoms with Crippen molar-refractivity contribution in [1.82, 2.24) is 4.90 Å². The van der Waals surface area contributed by atoms with Crippen molar-refractivity contribution < 1.29 is 23.2 Å². The van der Waals surface area contributed by atoms with Crippen LogP contribution in [0.4, 0.5) is 0 Å². The molecule has 0 saturated carbocycles. The van der Waals surface area contributed by atoms with Gasteiger partial charge >= 0.3 is 5.97 Å². The van der Waals surface area contributed by atoms with Gasteiger partial charge in [-0.3, -0.25) is 14.5 Å². The second-order valence-corrected chi connectivity index (χ2v) is 22.7. The zero-order chi connectivity index (χ0) is 27.5. The fourth-order valence-electron chi connectivity index (χ4n) is 3.75. The summed E-state index contributed by atoms with van der Waals surface area (Å²) in [5.74, 6) is -0.687. The molecule has 3 atom stereocenters. The number of carbonyl (C=O) groups is 2. The van der Waals surface area contributed by atoms with Gasteiger partial charge in [0.1, 0.15) is 6.61 Å². The van der Waals surface area contributed by atoms with Gasteiger partial charge in [0, 0.05) is 6.54 Å². The Balaban J connectivity index is 2.34. The molecule has 204 valence electrons. The van der Waals surface area contributed by atoms with Crippen LogP contribution in [0.15, 0.2) is 30.3 Å². The monoisotopic (exact) mass is 555 g/mol. The van der Waals surface area contributed by atoms with Crippen molar-refractivity contribution in [2.45, 2.75) is 103 Å². The van der Waals surface area contributed by atoms with Gasteiger partial charge in [0.05, 0.1) is 30.7 Å². The summed E-state index contributed by atoms with van der Waals surface area (Å²) in [7, 11) is -4.45. The highest BCUT2D eigenvalue weighted by atomic mass is 35.5. The van der Waals surface area contributed by atoms with Gasteiger partial charge < -0.3 is 13.6 Å². The first-order valence-electron chi connectivity index (χ1n) is 12.8. The third-order valence-corrected chi connectivity index (χ3v) is 17.3. The molecule has 2 unspecified atom stereocenters. The first-order chi connectivity index (χ1) is 16.4. The number of likely N-dealkylation sites (tertiary alicyclic amines) is 1. The minimum Gasteiger partial charge on any atom is -0.460 e. The van der Waals surface area contributed by atoms with E-state index in [4.69, 9.17) is 25.2 Å². The molecule has 36 heavy (non-hydrogen) atoms. The van der Waals surface area contributed by atoms with Crippen LogP contribution < -0.4 is 0 Å². The summed E-state index contributed by atoms with van der Waals surface area (Å²) in [5.41, 5.74) is 0.916. The molecule has 1 fully saturated rings. The fourth-order valence-corrected chi connectivity index (χ4v) is 6.55. The molecule has 0 aromatic heterocycles. The lowest BCUT2D eigenvalue weighted by Gasteiger charge is -2.43. The molecule has 0 spiro atoms. The number of halogens is 1. The molecule has 0 N–H and O–H groups in total. The largest absolute Gasteiger partial charge is 0.460 e. The van der Waals surface area contributed by atoms with E-state index in [1.54, 1.807) is 0 Å². The highest BCUT2D eigenvalue weighted by molar-refractivity contribution is 6.74. The van der Waals surface area contributed by atoms with Crippen molar-refractivity contribution >= 4 is 40.0 Å². The SMILES string of the molecule is CC(C)(C)[Si](C)(C)OC1CN(CC(=O)OCc2ccccc2)[C@@H](C(=O)CCl)C1O[Si](C)(C)C(C)(C)C. The van der Waals surface area contributed by atoms with E-state index in [1.807, 2.05) is 35.2 Å². The molecule has 1 aromatic carbocycles. The number of rotatable bonds is 10. The molecule has 0 aliphatic carbocycles. The molecule has 1 aliphatic rings. The number of benzene rings is 1. The van der Waals surface area contributed by atoms with Crippen LogP contribution in [-0.2, 0) is 29.8 Å². The first kappa shape index (κ1) is 31.2. The Morgan fingerprint density at radius 2 is 1.47 bits per heavy atom. The number of ether oxygens (including phenoxy) is 1. The molecular formula is C27H46ClNO5Si2. The van der Waals surface area contributed by atoms with Crippen LogP contribution in [-0.4, -0.2) is 70.5 Å². The van der Waals surface area contributed by atoms with Gasteiger partial charge in [0.25, 0.3) is 0 Å². The Morgan fingerprint density at radius 3 is 1.97 bits per heavy atom. The second kappa shape index (κ2) is 11.8. The third-order valence-electron chi connectivity index (χ3n) is 8.01. The molecule has 0 amide bonds. The van der Waals surface area contributed by atoms with E-state index in [1.165, 1.54) is 0 Å². The molecule has 1 aliphatic heterocycles. The van der Waals surface area contributed by atoms with Crippen LogP contribution in [0.25, 0.3) is 0 Å². The third kappa shape index (κ3) is 7.74. The summed E-state index contributed by atoms with van der Waals surface area (Å²) < 4.78 is 19.3. The Bertz CT molecular complexity index is 896. The van der Waals surface area contributed by atoms with Crippen molar-refractivity contribution in [3.63, 3.8) is 0 Å². The topological polar surface area (TPSA) is 65.1 Å². The normalized spacial score (nSPS) is 22.0. The van der Waals surface area contributed by atoms with Crippen molar-refractivity contribution in [3.05, 3.63) is 35.9 Å². The first-order valence-corrected chi connectivity index (χ1v) is 19.1. The molecule has 0 radical (unpaired) electrons. The van der Waals surface area contributed by atoms with Crippen molar-refractivity contribution in [2.24, 2.45) is 0 Å². The van der Waals surface area contributed by atoms with Crippen molar-refractivity contribution in [2.75, 3.05) is 19.0 Å². The minimum absolute atomic E-state index is 0.0114. The number of ketones is 1. The summed E-state index contributed by atoms with van der Waals surface area (Å²) in [5, 5.41) is -0.0618. The van der Waals surface area contributed by atoms with Crippen LogP contribution >= 0.6 is 11.6 Å². The number of Topliss-reactive ketones (excluding diaryl/α,β-unsaturated/α-hetero) is 1. The molecular weight excluding hydrogens is 510 g/mol. The number of esters is 1. The highest BCUT2D eigenvalue weighted by Crippen LogP contribution is 2.43. The smallest absolute Gasteiger partial charge is 0.320 e. The minimum atomic E-state index is -2.26. The van der Waals surface area contributed by atoms with Gasteiger partial charge in [-0.25, -0.2) is 0 Å². The molecule has 1 heterocycles. The van der Waals surface area contributed by atoms with Gasteiger partial charge in [-0.05, 0) is 41.8 Å². The fraction of sp³-hybridized carbons (Fsp3) is 0.704. The lowest BCUT2D eigenvalue weighted by atomic mass is 10.1. The van der Waals surface area contributed by atoms with Crippen molar-refractivity contribution in [1.29, 1.82) is 0 Å². The maximum atomic E-state index is 13.2. The summed E-state index contributed by atoms with van der Waals surface area (Å²) in [6, 6.07) is 8.90. The Morgan fingerprint density at radius 1 is 0.944 bits per heavy atom. The molecule has 1 saturated heterocycles. The van der Waals surface area contributed by atoms with Gasteiger partial charge in [-0.2, -0.15) is 0 Å². The average molecular weight is 556 g/mol. The molecule has 9 heteroatoms. The van der Waals surface area contributed by atoms with Crippen LogP contribution in [0.5, 0.6) is 0 Å². The zero-order valence-corrected chi connectivity index (χ0v) is 26.6. The molecule has 0 bridgehead atoms. The second-order valence-electron chi connectivity index (χ2n) is 12.9. The summed E-state index contributed by atoms with van der Waals surface area (Å²) >= 11 is 6.09. The van der Waals surface area contributed by atoms with Gasteiger partial charge in [0.15, 0.2) is 22.4 Å². The van der Waals surface area contributed by atoms with E-state index in [-0.39, 0.29) is 47.0 Å². The Hall–Kier alpha value is -1.04. The maximum absolute atomic E-state index is 13.2. The van der Waals surface area contributed by atoms with Crippen LogP contribution in [0, 0.1) is 0 Å². The van der Waals surface area contributed by atoms with E-state index < -0.39 is 28.8 Å². The molecule has 6 nitrogen and oxygen atoms in total. The van der Waals surface area contributed by atoms with Gasteiger partial charge in [0.2, 0.25) is 0 Å². The van der Waals surface area contributed by atoms with E-state index in [2.05, 4.69) is 67.7 Å². The number of hydrogen-bond donors (Lipinski definition) is 0. The summed E-state index contributed by atoms with van der Waals surface area (Å²) in [4.78, 5) is 27.9. The molecule has 2 rings (SSSR count). The Kier molecular flexibility index (Phi) is 10.2. The van der Waals surface area contributed by atoms with Crippen LogP contribution in [0.1, 0.15) is 47.1 Å².